The molecule has 0 saturated heterocycles. The van der Waals surface area contributed by atoms with Gasteiger partial charge in [0.15, 0.2) is 0 Å². The molecule has 12 nitrogen and oxygen atoms in total. The minimum Gasteiger partial charge on any atom is -2.00 e. The Bertz CT molecular complexity index is 314. The summed E-state index contributed by atoms with van der Waals surface area (Å²) in [4.78, 5) is 36.6. The van der Waals surface area contributed by atoms with Crippen LogP contribution in [0.3, 0.4) is 0 Å². The van der Waals surface area contributed by atoms with Crippen molar-refractivity contribution in [1.29, 1.82) is 0 Å². The van der Waals surface area contributed by atoms with Gasteiger partial charge in [0.2, 0.25) is 0 Å². The molecule has 0 aromatic carbocycles. The quantitative estimate of drug-likeness (QED) is 0.271. The third kappa shape index (κ3) is 278. The predicted molar refractivity (Wildman–Crippen MR) is 63.6 cm³/mol. The van der Waals surface area contributed by atoms with Gasteiger partial charge in [-0.2, -0.15) is 0 Å². The molecule has 0 amide bonds. The van der Waals surface area contributed by atoms with Crippen molar-refractivity contribution in [2.24, 2.45) is 0 Å². The summed E-state index contributed by atoms with van der Waals surface area (Å²) in [6.07, 6.45) is 2.89. The van der Waals surface area contributed by atoms with Crippen molar-refractivity contribution in [3.8, 4) is 0 Å². The molecular weight excluding hydrogens is 480 g/mol. The topological polar surface area (TPSA) is 275 Å². The van der Waals surface area contributed by atoms with Gasteiger partial charge in [0.05, 0.1) is 23.9 Å². The van der Waals surface area contributed by atoms with Crippen LogP contribution in [0.1, 0.15) is 0 Å². The van der Waals surface area contributed by atoms with Crippen molar-refractivity contribution in [1.82, 2.24) is 0 Å². The summed E-state index contributed by atoms with van der Waals surface area (Å²) < 4.78 is 0. The standard InChI is InChI=1S/4C3H4O2.4O.3Ti/c4*1-2-3(4)5;;;;;;;/h4*2H,1H2,(H,4,5);;;;;;;/q;;;;4*-2;3*+4/p-4. The van der Waals surface area contributed by atoms with E-state index in [9.17, 15) is 0 Å². The van der Waals surface area contributed by atoms with Gasteiger partial charge in [0.25, 0.3) is 0 Å². The summed E-state index contributed by atoms with van der Waals surface area (Å²) in [7, 11) is 0. The fraction of sp³-hybridized carbons (Fsp3) is 0. The maximum absolute atomic E-state index is 9.14. The first-order valence-electron chi connectivity index (χ1n) is 4.42. The van der Waals surface area contributed by atoms with Crippen molar-refractivity contribution in [3.63, 3.8) is 0 Å². The molecule has 0 N–H and O–H groups in total. The first-order chi connectivity index (χ1) is 9.08. The van der Waals surface area contributed by atoms with Gasteiger partial charge in [0, 0.05) is 0 Å². The van der Waals surface area contributed by atoms with Crippen LogP contribution >= 0.6 is 0 Å². The molecule has 0 rings (SSSR count). The molecule has 0 aromatic heterocycles. The Kier molecular flexibility index (Phi) is 172. The molecule has 144 valence electrons. The third-order valence-electron chi connectivity index (χ3n) is 0.667. The molecule has 0 fully saturated rings. The Labute approximate surface area is 200 Å². The molecule has 0 saturated carbocycles. The second-order valence-electron chi connectivity index (χ2n) is 2.09. The van der Waals surface area contributed by atoms with Gasteiger partial charge < -0.3 is 61.5 Å². The zero-order valence-electron chi connectivity index (χ0n) is 13.5. The average molecular weight is 492 g/mol. The van der Waals surface area contributed by atoms with Gasteiger partial charge in [-0.25, -0.2) is 0 Å². The van der Waals surface area contributed by atoms with E-state index in [-0.39, 0.29) is 87.1 Å². The molecular formula is C12H12O12Ti3. The molecule has 0 spiro atoms. The van der Waals surface area contributed by atoms with Gasteiger partial charge in [-0.15, -0.1) is 0 Å². The average Bonchev–Trinajstić information content (AvgIpc) is 2.40. The minimum atomic E-state index is -1.23. The molecule has 0 aliphatic heterocycles. The molecule has 0 aliphatic carbocycles. The maximum Gasteiger partial charge on any atom is 4.00 e. The van der Waals surface area contributed by atoms with Gasteiger partial charge in [0.1, 0.15) is 0 Å². The van der Waals surface area contributed by atoms with Crippen molar-refractivity contribution >= 4 is 23.9 Å². The zero-order chi connectivity index (χ0) is 17.1. The zero-order valence-corrected chi connectivity index (χ0v) is 18.2. The number of carboxylic acids is 4. The van der Waals surface area contributed by atoms with Crippen LogP contribution in [0.5, 0.6) is 0 Å². The maximum atomic E-state index is 9.14. The number of carboxylic acid groups (broad SMARTS) is 4. The monoisotopic (exact) mass is 492 g/mol. The van der Waals surface area contributed by atoms with E-state index in [1.54, 1.807) is 0 Å². The van der Waals surface area contributed by atoms with Crippen LogP contribution < -0.4 is 20.4 Å². The van der Waals surface area contributed by atoms with Gasteiger partial charge in [-0.1, -0.05) is 26.3 Å². The van der Waals surface area contributed by atoms with Crippen molar-refractivity contribution < 1.29 is 127 Å². The fourth-order valence-electron chi connectivity index (χ4n) is 0. The second-order valence-corrected chi connectivity index (χ2v) is 2.09. The van der Waals surface area contributed by atoms with E-state index in [0.717, 1.165) is 24.3 Å². The van der Waals surface area contributed by atoms with Crippen LogP contribution in [0.4, 0.5) is 0 Å². The Morgan fingerprint density at radius 1 is 0.444 bits per heavy atom. The number of carbonyl (C=O) groups is 4. The normalized spacial score (nSPS) is 4.74. The summed E-state index contributed by atoms with van der Waals surface area (Å²) in [5.41, 5.74) is 0. The number of carbonyl (C=O) groups excluding carboxylic acids is 4. The fourth-order valence-corrected chi connectivity index (χ4v) is 0. The molecule has 0 atom stereocenters. The Balaban J connectivity index is -0.0000000129. The Morgan fingerprint density at radius 3 is 0.481 bits per heavy atom. The third-order valence-corrected chi connectivity index (χ3v) is 0.667. The number of hydrogen-bond donors (Lipinski definition) is 0. The van der Waals surface area contributed by atoms with E-state index in [4.69, 9.17) is 39.6 Å². The Hall–Kier alpha value is -1.18. The number of hydrogen-bond acceptors (Lipinski definition) is 8. The van der Waals surface area contributed by atoms with E-state index in [1.165, 1.54) is 0 Å². The van der Waals surface area contributed by atoms with Crippen LogP contribution in [0.2, 0.25) is 0 Å². The van der Waals surface area contributed by atoms with Crippen LogP contribution in [0.25, 0.3) is 0 Å². The molecule has 0 heterocycles. The number of aliphatic carboxylic acids is 4. The molecule has 15 heteroatoms. The summed E-state index contributed by atoms with van der Waals surface area (Å²) in [5.74, 6) is -4.93. The van der Waals surface area contributed by atoms with E-state index in [0.29, 0.717) is 0 Å². The van der Waals surface area contributed by atoms with Crippen LogP contribution in [-0.2, 0) is 106 Å². The van der Waals surface area contributed by atoms with Crippen LogP contribution in [0, 0.1) is 0 Å². The largest absolute Gasteiger partial charge is 4.00 e. The van der Waals surface area contributed by atoms with E-state index in [1.807, 2.05) is 0 Å². The first kappa shape index (κ1) is 72.4. The second kappa shape index (κ2) is 64.1. The molecule has 27 heavy (non-hydrogen) atoms. The summed E-state index contributed by atoms with van der Waals surface area (Å²) in [5, 5.41) is 36.6. The minimum absolute atomic E-state index is 0. The van der Waals surface area contributed by atoms with E-state index in [2.05, 4.69) is 26.3 Å². The van der Waals surface area contributed by atoms with Gasteiger partial charge in [-0.05, 0) is 24.3 Å². The van der Waals surface area contributed by atoms with Crippen molar-refractivity contribution in [3.05, 3.63) is 50.6 Å². The molecule has 0 bridgehead atoms. The van der Waals surface area contributed by atoms with Gasteiger partial charge in [-0.3, -0.25) is 0 Å². The summed E-state index contributed by atoms with van der Waals surface area (Å²) >= 11 is 0. The van der Waals surface area contributed by atoms with Crippen molar-refractivity contribution in [2.75, 3.05) is 0 Å². The summed E-state index contributed by atoms with van der Waals surface area (Å²) in [6, 6.07) is 0. The van der Waals surface area contributed by atoms with E-state index < -0.39 is 23.9 Å². The smallest absolute Gasteiger partial charge is 2.00 e. The Morgan fingerprint density at radius 2 is 0.481 bits per heavy atom. The van der Waals surface area contributed by atoms with Gasteiger partial charge >= 0.3 is 65.2 Å². The number of rotatable bonds is 4. The molecule has 0 radical (unpaired) electrons. The van der Waals surface area contributed by atoms with E-state index >= 15 is 0 Å². The molecule has 0 aromatic rings. The van der Waals surface area contributed by atoms with Crippen LogP contribution in [-0.4, -0.2) is 23.9 Å². The molecule has 0 unspecified atom stereocenters. The predicted octanol–water partition coefficient (Wildman–Crippen LogP) is -4.79. The molecule has 0 aliphatic rings. The van der Waals surface area contributed by atoms with Crippen molar-refractivity contribution in [2.45, 2.75) is 0 Å². The summed E-state index contributed by atoms with van der Waals surface area (Å²) in [6.45, 7) is 11.6. The first-order valence-corrected chi connectivity index (χ1v) is 4.42. The van der Waals surface area contributed by atoms with Crippen LogP contribution in [0.15, 0.2) is 50.6 Å². The SMILES string of the molecule is C=CC(=O)[O-].C=CC(=O)[O-].C=CC(=O)[O-].C=CC(=O)[O-].[O-2].[O-2].[O-2].[O-2].[Ti+4].[Ti+4].[Ti+4].